The molecule has 3 heterocycles. The molecule has 0 radical (unpaired) electrons. The third kappa shape index (κ3) is 2.98. The first-order valence-corrected chi connectivity index (χ1v) is 6.73. The third-order valence-electron chi connectivity index (χ3n) is 3.79. The summed E-state index contributed by atoms with van der Waals surface area (Å²) in [5, 5.41) is 0. The topological polar surface area (TPSA) is 42.4 Å². The van der Waals surface area contributed by atoms with Crippen molar-refractivity contribution in [1.29, 1.82) is 0 Å². The second-order valence-electron chi connectivity index (χ2n) is 5.25. The van der Waals surface area contributed by atoms with Gasteiger partial charge in [-0.1, -0.05) is 0 Å². The zero-order chi connectivity index (χ0) is 13.2. The normalized spacial score (nSPS) is 26.6. The monoisotopic (exact) mass is 264 g/mol. The first-order chi connectivity index (χ1) is 9.20. The number of aromatic nitrogens is 1. The summed E-state index contributed by atoms with van der Waals surface area (Å²) in [7, 11) is 0. The van der Waals surface area contributed by atoms with E-state index >= 15 is 0 Å². The van der Waals surface area contributed by atoms with Gasteiger partial charge in [-0.2, -0.15) is 0 Å². The number of rotatable bonds is 4. The highest BCUT2D eigenvalue weighted by molar-refractivity contribution is 5.94. The predicted octanol–water partition coefficient (Wildman–Crippen LogP) is 1.66. The third-order valence-corrected chi connectivity index (χ3v) is 3.79. The zero-order valence-corrected chi connectivity index (χ0v) is 10.7. The van der Waals surface area contributed by atoms with Crippen LogP contribution in [-0.4, -0.2) is 47.5 Å². The molecular weight excluding hydrogens is 247 g/mol. The van der Waals surface area contributed by atoms with Crippen molar-refractivity contribution >= 4 is 5.78 Å². The fourth-order valence-corrected chi connectivity index (χ4v) is 2.81. The molecule has 2 atom stereocenters. The van der Waals surface area contributed by atoms with Gasteiger partial charge >= 0.3 is 0 Å². The van der Waals surface area contributed by atoms with Crippen LogP contribution in [0, 0.1) is 5.82 Å². The van der Waals surface area contributed by atoms with Crippen molar-refractivity contribution in [3.63, 3.8) is 0 Å². The van der Waals surface area contributed by atoms with Crippen LogP contribution in [0.4, 0.5) is 4.39 Å². The number of nitrogens with zero attached hydrogens (tertiary/aromatic N) is 2. The second-order valence-corrected chi connectivity index (χ2v) is 5.25. The molecular formula is C14H17FN2O2. The number of hydrogen-bond acceptors (Lipinski definition) is 4. The number of fused-ring (bicyclic) bond motifs is 2. The summed E-state index contributed by atoms with van der Waals surface area (Å²) in [5.74, 6) is -0.444. The number of halogens is 1. The Kier molecular flexibility index (Phi) is 3.57. The number of hydrogen-bond donors (Lipinski definition) is 0. The van der Waals surface area contributed by atoms with E-state index in [1.165, 1.54) is 12.1 Å². The van der Waals surface area contributed by atoms with Gasteiger partial charge in [-0.15, -0.1) is 0 Å². The zero-order valence-electron chi connectivity index (χ0n) is 10.7. The van der Waals surface area contributed by atoms with Crippen LogP contribution in [0.2, 0.25) is 0 Å². The van der Waals surface area contributed by atoms with E-state index in [0.717, 1.165) is 38.7 Å². The number of carbonyl (C=O) groups is 1. The van der Waals surface area contributed by atoms with Gasteiger partial charge in [0.25, 0.3) is 0 Å². The SMILES string of the molecule is O=C(CCN1CC2CCC(C1)O2)c1ccc(F)cn1. The lowest BCUT2D eigenvalue weighted by Crippen LogP contribution is -2.43. The van der Waals surface area contributed by atoms with Gasteiger partial charge in [0.1, 0.15) is 11.5 Å². The van der Waals surface area contributed by atoms with Crippen LogP contribution >= 0.6 is 0 Å². The molecule has 2 fully saturated rings. The van der Waals surface area contributed by atoms with Crippen molar-refractivity contribution in [2.45, 2.75) is 31.5 Å². The van der Waals surface area contributed by atoms with E-state index in [1.54, 1.807) is 0 Å². The Bertz CT molecular complexity index is 451. The molecule has 2 saturated heterocycles. The van der Waals surface area contributed by atoms with Crippen LogP contribution in [-0.2, 0) is 4.74 Å². The van der Waals surface area contributed by atoms with Crippen molar-refractivity contribution in [3.05, 3.63) is 29.8 Å². The minimum atomic E-state index is -0.415. The van der Waals surface area contributed by atoms with Gasteiger partial charge in [0.2, 0.25) is 0 Å². The van der Waals surface area contributed by atoms with Gasteiger partial charge < -0.3 is 4.74 Å². The van der Waals surface area contributed by atoms with E-state index in [1.807, 2.05) is 0 Å². The fourth-order valence-electron chi connectivity index (χ4n) is 2.81. The van der Waals surface area contributed by atoms with Gasteiger partial charge in [0.05, 0.1) is 18.4 Å². The Morgan fingerprint density at radius 3 is 2.74 bits per heavy atom. The molecule has 0 aromatic carbocycles. The van der Waals surface area contributed by atoms with E-state index in [9.17, 15) is 9.18 Å². The molecule has 0 spiro atoms. The Morgan fingerprint density at radius 1 is 1.37 bits per heavy atom. The summed E-state index contributed by atoms with van der Waals surface area (Å²) < 4.78 is 18.5. The van der Waals surface area contributed by atoms with Gasteiger partial charge in [-0.25, -0.2) is 4.39 Å². The molecule has 2 unspecified atom stereocenters. The van der Waals surface area contributed by atoms with Crippen molar-refractivity contribution in [1.82, 2.24) is 9.88 Å². The minimum Gasteiger partial charge on any atom is -0.372 e. The smallest absolute Gasteiger partial charge is 0.182 e. The Hall–Kier alpha value is -1.33. The lowest BCUT2D eigenvalue weighted by atomic mass is 10.2. The lowest BCUT2D eigenvalue weighted by Gasteiger charge is -2.31. The number of ether oxygens (including phenoxy) is 1. The number of Topliss-reactive ketones (excluding diaryl/α,β-unsaturated/α-hetero) is 1. The average molecular weight is 264 g/mol. The first-order valence-electron chi connectivity index (χ1n) is 6.73. The molecule has 3 rings (SSSR count). The highest BCUT2D eigenvalue weighted by Crippen LogP contribution is 2.26. The van der Waals surface area contributed by atoms with Gasteiger partial charge in [0.15, 0.2) is 5.78 Å². The Labute approximate surface area is 111 Å². The number of morpholine rings is 1. The highest BCUT2D eigenvalue weighted by atomic mass is 19.1. The summed E-state index contributed by atoms with van der Waals surface area (Å²) in [6, 6.07) is 2.72. The van der Waals surface area contributed by atoms with Crippen LogP contribution < -0.4 is 0 Å². The van der Waals surface area contributed by atoms with E-state index in [4.69, 9.17) is 4.74 Å². The molecule has 102 valence electrons. The minimum absolute atomic E-state index is 0.0289. The van der Waals surface area contributed by atoms with Crippen LogP contribution in [0.1, 0.15) is 29.8 Å². The molecule has 0 N–H and O–H groups in total. The molecule has 19 heavy (non-hydrogen) atoms. The molecule has 2 aliphatic heterocycles. The van der Waals surface area contributed by atoms with Crippen molar-refractivity contribution in [2.75, 3.05) is 19.6 Å². The Morgan fingerprint density at radius 2 is 2.11 bits per heavy atom. The van der Waals surface area contributed by atoms with E-state index in [2.05, 4.69) is 9.88 Å². The molecule has 1 aromatic rings. The van der Waals surface area contributed by atoms with Crippen molar-refractivity contribution in [3.8, 4) is 0 Å². The maximum Gasteiger partial charge on any atom is 0.182 e. The van der Waals surface area contributed by atoms with E-state index in [0.29, 0.717) is 24.3 Å². The quantitative estimate of drug-likeness (QED) is 0.776. The van der Waals surface area contributed by atoms with Crippen LogP contribution in [0.5, 0.6) is 0 Å². The predicted molar refractivity (Wildman–Crippen MR) is 67.5 cm³/mol. The number of ketones is 1. The average Bonchev–Trinajstić information content (AvgIpc) is 2.76. The molecule has 4 nitrogen and oxygen atoms in total. The summed E-state index contributed by atoms with van der Waals surface area (Å²) >= 11 is 0. The van der Waals surface area contributed by atoms with Gasteiger partial charge in [-0.05, 0) is 25.0 Å². The maximum absolute atomic E-state index is 12.7. The second kappa shape index (κ2) is 5.35. The molecule has 0 aliphatic carbocycles. The number of carbonyl (C=O) groups excluding carboxylic acids is 1. The fraction of sp³-hybridized carbons (Fsp3) is 0.571. The van der Waals surface area contributed by atoms with Gasteiger partial charge in [0, 0.05) is 26.1 Å². The largest absolute Gasteiger partial charge is 0.372 e. The standard InChI is InChI=1S/C14H17FN2O2/c15-10-1-4-13(16-7-10)14(18)5-6-17-8-11-2-3-12(9-17)19-11/h1,4,7,11-12H,2-3,5-6,8-9H2. The number of pyridine rings is 1. The van der Waals surface area contributed by atoms with Crippen LogP contribution in [0.15, 0.2) is 18.3 Å². The summed E-state index contributed by atoms with van der Waals surface area (Å²) in [4.78, 5) is 18.0. The Balaban J connectivity index is 1.52. The van der Waals surface area contributed by atoms with Crippen molar-refractivity contribution < 1.29 is 13.9 Å². The molecule has 2 aliphatic rings. The highest BCUT2D eigenvalue weighted by Gasteiger charge is 2.33. The molecule has 1 aromatic heterocycles. The van der Waals surface area contributed by atoms with Crippen LogP contribution in [0.25, 0.3) is 0 Å². The summed E-state index contributed by atoms with van der Waals surface area (Å²) in [5.41, 5.74) is 0.345. The summed E-state index contributed by atoms with van der Waals surface area (Å²) in [6.07, 6.45) is 4.47. The van der Waals surface area contributed by atoms with Crippen molar-refractivity contribution in [2.24, 2.45) is 0 Å². The number of likely N-dealkylation sites (tertiary alicyclic amines) is 1. The maximum atomic E-state index is 12.7. The molecule has 2 bridgehead atoms. The van der Waals surface area contributed by atoms with E-state index < -0.39 is 5.82 Å². The van der Waals surface area contributed by atoms with E-state index in [-0.39, 0.29) is 5.78 Å². The molecule has 0 amide bonds. The van der Waals surface area contributed by atoms with Gasteiger partial charge in [-0.3, -0.25) is 14.7 Å². The first kappa shape index (κ1) is 12.7. The molecule has 5 heteroatoms. The van der Waals surface area contributed by atoms with Crippen LogP contribution in [0.3, 0.4) is 0 Å². The molecule has 0 saturated carbocycles. The summed E-state index contributed by atoms with van der Waals surface area (Å²) in [6.45, 7) is 2.56. The lowest BCUT2D eigenvalue weighted by molar-refractivity contribution is -0.0379.